The normalized spacial score (nSPS) is 26.6. The number of hydrogen-bond donors (Lipinski definition) is 1. The van der Waals surface area contributed by atoms with Gasteiger partial charge >= 0.3 is 0 Å². The maximum Gasteiger partial charge on any atom is 0.117 e. The molecule has 1 aliphatic heterocycles. The Balaban J connectivity index is 2.05. The van der Waals surface area contributed by atoms with E-state index in [1.54, 1.807) is 6.26 Å². The smallest absolute Gasteiger partial charge is 0.117 e. The van der Waals surface area contributed by atoms with Crippen molar-refractivity contribution in [2.45, 2.75) is 45.3 Å². The molecule has 1 aliphatic rings. The van der Waals surface area contributed by atoms with Crippen LogP contribution in [0.5, 0.6) is 0 Å². The molecule has 2 heterocycles. The van der Waals surface area contributed by atoms with Gasteiger partial charge in [-0.15, -0.1) is 0 Å². The molecular formula is C13H22N2O. The van der Waals surface area contributed by atoms with E-state index in [1.165, 1.54) is 6.42 Å². The molecule has 1 saturated heterocycles. The third-order valence-corrected chi connectivity index (χ3v) is 3.50. The fourth-order valence-corrected chi connectivity index (χ4v) is 2.17. The van der Waals surface area contributed by atoms with E-state index in [0.29, 0.717) is 6.04 Å². The molecule has 0 spiro atoms. The van der Waals surface area contributed by atoms with Gasteiger partial charge in [0.15, 0.2) is 0 Å². The minimum atomic E-state index is 0.192. The SMILES string of the molecule is CC1CCN(Cc2ccco2)C(C)(C)CN1. The molecule has 0 aromatic carbocycles. The Bertz CT molecular complexity index is 319. The van der Waals surface area contributed by atoms with Crippen LogP contribution >= 0.6 is 0 Å². The highest BCUT2D eigenvalue weighted by Gasteiger charge is 2.30. The second-order valence-electron chi connectivity index (χ2n) is 5.38. The van der Waals surface area contributed by atoms with E-state index in [1.807, 2.05) is 6.07 Å². The molecule has 1 aromatic rings. The van der Waals surface area contributed by atoms with Crippen molar-refractivity contribution >= 4 is 0 Å². The zero-order valence-corrected chi connectivity index (χ0v) is 10.5. The van der Waals surface area contributed by atoms with Gasteiger partial charge in [-0.2, -0.15) is 0 Å². The fraction of sp³-hybridized carbons (Fsp3) is 0.692. The largest absolute Gasteiger partial charge is 0.468 e. The van der Waals surface area contributed by atoms with Crippen LogP contribution < -0.4 is 5.32 Å². The Morgan fingerprint density at radius 3 is 3.06 bits per heavy atom. The van der Waals surface area contributed by atoms with Crippen molar-refractivity contribution in [2.75, 3.05) is 13.1 Å². The highest BCUT2D eigenvalue weighted by atomic mass is 16.3. The molecule has 90 valence electrons. The molecule has 0 saturated carbocycles. The summed E-state index contributed by atoms with van der Waals surface area (Å²) in [7, 11) is 0. The van der Waals surface area contributed by atoms with E-state index < -0.39 is 0 Å². The molecule has 1 N–H and O–H groups in total. The minimum Gasteiger partial charge on any atom is -0.468 e. The van der Waals surface area contributed by atoms with E-state index in [4.69, 9.17) is 4.42 Å². The molecule has 0 radical (unpaired) electrons. The average molecular weight is 222 g/mol. The molecule has 0 bridgehead atoms. The van der Waals surface area contributed by atoms with Crippen LogP contribution in [0.25, 0.3) is 0 Å². The molecule has 3 nitrogen and oxygen atoms in total. The Kier molecular flexibility index (Phi) is 3.36. The fourth-order valence-electron chi connectivity index (χ4n) is 2.17. The summed E-state index contributed by atoms with van der Waals surface area (Å²) in [6.45, 7) is 9.92. The number of nitrogens with one attached hydrogen (secondary N) is 1. The summed E-state index contributed by atoms with van der Waals surface area (Å²) in [5, 5.41) is 3.57. The number of nitrogens with zero attached hydrogens (tertiary/aromatic N) is 1. The summed E-state index contributed by atoms with van der Waals surface area (Å²) in [4.78, 5) is 2.50. The molecule has 0 amide bonds. The molecule has 1 unspecified atom stereocenters. The predicted octanol–water partition coefficient (Wildman–Crippen LogP) is 2.24. The average Bonchev–Trinajstić information content (AvgIpc) is 2.69. The van der Waals surface area contributed by atoms with Gasteiger partial charge in [0.2, 0.25) is 0 Å². The number of rotatable bonds is 2. The van der Waals surface area contributed by atoms with Gasteiger partial charge in [-0.1, -0.05) is 0 Å². The molecule has 1 fully saturated rings. The van der Waals surface area contributed by atoms with E-state index in [0.717, 1.165) is 25.4 Å². The molecule has 1 atom stereocenters. The maximum atomic E-state index is 5.44. The first-order valence-corrected chi connectivity index (χ1v) is 6.09. The highest BCUT2D eigenvalue weighted by Crippen LogP contribution is 2.21. The van der Waals surface area contributed by atoms with Gasteiger partial charge in [-0.25, -0.2) is 0 Å². The summed E-state index contributed by atoms with van der Waals surface area (Å²) >= 11 is 0. The van der Waals surface area contributed by atoms with Gasteiger partial charge < -0.3 is 9.73 Å². The predicted molar refractivity (Wildman–Crippen MR) is 65.3 cm³/mol. The zero-order chi connectivity index (χ0) is 11.6. The van der Waals surface area contributed by atoms with Crippen LogP contribution in [0.3, 0.4) is 0 Å². The first kappa shape index (κ1) is 11.7. The second-order valence-corrected chi connectivity index (χ2v) is 5.38. The first-order valence-electron chi connectivity index (χ1n) is 6.09. The minimum absolute atomic E-state index is 0.192. The topological polar surface area (TPSA) is 28.4 Å². The van der Waals surface area contributed by atoms with E-state index in [-0.39, 0.29) is 5.54 Å². The van der Waals surface area contributed by atoms with Crippen molar-refractivity contribution in [2.24, 2.45) is 0 Å². The summed E-state index contributed by atoms with van der Waals surface area (Å²) < 4.78 is 5.44. The van der Waals surface area contributed by atoms with Crippen molar-refractivity contribution in [1.29, 1.82) is 0 Å². The van der Waals surface area contributed by atoms with Crippen LogP contribution in [0, 0.1) is 0 Å². The number of furan rings is 1. The Morgan fingerprint density at radius 1 is 1.56 bits per heavy atom. The Labute approximate surface area is 97.8 Å². The lowest BCUT2D eigenvalue weighted by atomic mass is 10.0. The van der Waals surface area contributed by atoms with Crippen molar-refractivity contribution in [3.63, 3.8) is 0 Å². The molecule has 1 aromatic heterocycles. The van der Waals surface area contributed by atoms with Gasteiger partial charge in [0, 0.05) is 24.7 Å². The zero-order valence-electron chi connectivity index (χ0n) is 10.5. The quantitative estimate of drug-likeness (QED) is 0.832. The summed E-state index contributed by atoms with van der Waals surface area (Å²) in [6, 6.07) is 4.62. The third kappa shape index (κ3) is 2.66. The Hall–Kier alpha value is -0.800. The molecule has 3 heteroatoms. The lowest BCUT2D eigenvalue weighted by Gasteiger charge is -2.36. The van der Waals surface area contributed by atoms with Crippen LogP contribution in [0.15, 0.2) is 22.8 Å². The van der Waals surface area contributed by atoms with Gasteiger partial charge in [0.1, 0.15) is 5.76 Å². The van der Waals surface area contributed by atoms with Crippen molar-refractivity contribution < 1.29 is 4.42 Å². The van der Waals surface area contributed by atoms with Crippen molar-refractivity contribution in [3.05, 3.63) is 24.2 Å². The van der Waals surface area contributed by atoms with E-state index in [2.05, 4.69) is 37.1 Å². The van der Waals surface area contributed by atoms with Crippen LogP contribution in [-0.2, 0) is 6.54 Å². The molecular weight excluding hydrogens is 200 g/mol. The third-order valence-electron chi connectivity index (χ3n) is 3.50. The van der Waals surface area contributed by atoms with E-state index in [9.17, 15) is 0 Å². The highest BCUT2D eigenvalue weighted by molar-refractivity contribution is 5.00. The Morgan fingerprint density at radius 2 is 2.38 bits per heavy atom. The van der Waals surface area contributed by atoms with E-state index >= 15 is 0 Å². The maximum absolute atomic E-state index is 5.44. The summed E-state index contributed by atoms with van der Waals surface area (Å²) in [5.74, 6) is 1.06. The molecule has 0 aliphatic carbocycles. The van der Waals surface area contributed by atoms with Crippen LogP contribution in [0.1, 0.15) is 33.0 Å². The van der Waals surface area contributed by atoms with Crippen LogP contribution in [-0.4, -0.2) is 29.6 Å². The second kappa shape index (κ2) is 4.60. The van der Waals surface area contributed by atoms with Crippen molar-refractivity contribution in [3.8, 4) is 0 Å². The molecule has 16 heavy (non-hydrogen) atoms. The summed E-state index contributed by atoms with van der Waals surface area (Å²) in [6.07, 6.45) is 2.95. The monoisotopic (exact) mass is 222 g/mol. The standard InChI is InChI=1S/C13H22N2O/c1-11-6-7-15(13(2,3)10-14-11)9-12-5-4-8-16-12/h4-5,8,11,14H,6-7,9-10H2,1-3H3. The lowest BCUT2D eigenvalue weighted by molar-refractivity contribution is 0.115. The van der Waals surface area contributed by atoms with Gasteiger partial charge in [0.25, 0.3) is 0 Å². The van der Waals surface area contributed by atoms with Crippen LogP contribution in [0.2, 0.25) is 0 Å². The van der Waals surface area contributed by atoms with Gasteiger partial charge in [-0.3, -0.25) is 4.90 Å². The van der Waals surface area contributed by atoms with Gasteiger partial charge in [0.05, 0.1) is 12.8 Å². The van der Waals surface area contributed by atoms with Crippen LogP contribution in [0.4, 0.5) is 0 Å². The van der Waals surface area contributed by atoms with Gasteiger partial charge in [-0.05, 0) is 39.3 Å². The summed E-state index contributed by atoms with van der Waals surface area (Å²) in [5.41, 5.74) is 0.192. The lowest BCUT2D eigenvalue weighted by Crippen LogP contribution is -2.48. The number of hydrogen-bond acceptors (Lipinski definition) is 3. The van der Waals surface area contributed by atoms with Crippen molar-refractivity contribution in [1.82, 2.24) is 10.2 Å². The molecule has 2 rings (SSSR count). The first-order chi connectivity index (χ1) is 7.58.